The lowest BCUT2D eigenvalue weighted by molar-refractivity contribution is -0.0968. The summed E-state index contributed by atoms with van der Waals surface area (Å²) < 4.78 is 0. The second-order valence-electron chi connectivity index (χ2n) is 11.2. The van der Waals surface area contributed by atoms with Gasteiger partial charge in [0.05, 0.1) is 34.7 Å². The number of carbonyl (C=O) groups is 1. The summed E-state index contributed by atoms with van der Waals surface area (Å²) in [5.41, 5.74) is -1.17. The maximum atomic E-state index is 13.5. The van der Waals surface area contributed by atoms with Crippen LogP contribution in [-0.2, 0) is 0 Å². The maximum Gasteiger partial charge on any atom is 0.260 e. The molecule has 1 fully saturated rings. The van der Waals surface area contributed by atoms with Gasteiger partial charge in [-0.05, 0) is 58.6 Å². The fraction of sp³-hybridized carbons (Fsp3) is 0.483. The van der Waals surface area contributed by atoms with Gasteiger partial charge in [0, 0.05) is 29.7 Å². The summed E-state index contributed by atoms with van der Waals surface area (Å²) in [6.45, 7) is 5.01. The summed E-state index contributed by atoms with van der Waals surface area (Å²) in [6.07, 6.45) is 0.573. The molecule has 2 aliphatic heterocycles. The van der Waals surface area contributed by atoms with Crippen molar-refractivity contribution in [3.63, 3.8) is 0 Å². The number of nitrogens with zero attached hydrogens (tertiary/aromatic N) is 1. The molecule has 1 amide bonds. The van der Waals surface area contributed by atoms with E-state index in [2.05, 4.69) is 5.32 Å². The number of rotatable bonds is 11. The van der Waals surface area contributed by atoms with Crippen LogP contribution < -0.4 is 10.2 Å². The van der Waals surface area contributed by atoms with Gasteiger partial charge >= 0.3 is 0 Å². The lowest BCUT2D eigenvalue weighted by Crippen LogP contribution is -2.46. The highest BCUT2D eigenvalue weighted by atomic mass is 32.2. The van der Waals surface area contributed by atoms with E-state index >= 15 is 0 Å². The Balaban J connectivity index is 1.43. The molecule has 10 nitrogen and oxygen atoms in total. The molecule has 2 heterocycles. The van der Waals surface area contributed by atoms with Crippen LogP contribution in [0.3, 0.4) is 0 Å². The topological polar surface area (TPSA) is 174 Å². The zero-order chi connectivity index (χ0) is 29.4. The minimum Gasteiger partial charge on any atom is -0.508 e. The van der Waals surface area contributed by atoms with Crippen LogP contribution in [0.2, 0.25) is 0 Å². The average molecular weight is 575 g/mol. The molecule has 5 unspecified atom stereocenters. The van der Waals surface area contributed by atoms with E-state index in [9.17, 15) is 40.5 Å². The number of fused-ring (bicyclic) bond motifs is 2. The average Bonchev–Trinajstić information content (AvgIpc) is 3.75. The van der Waals surface area contributed by atoms with Crippen LogP contribution in [0.4, 0.5) is 17.1 Å². The molecule has 0 bridgehead atoms. The van der Waals surface area contributed by atoms with Gasteiger partial charge in [-0.1, -0.05) is 17.7 Å². The number of carbonyl (C=O) groups excluding carboxylic acids is 1. The lowest BCUT2D eigenvalue weighted by atomic mass is 9.85. The number of aliphatic hydroxyl groups is 4. The van der Waals surface area contributed by atoms with Crippen LogP contribution in [0.5, 0.6) is 17.2 Å². The molecule has 1 saturated heterocycles. The molecule has 0 spiro atoms. The second kappa shape index (κ2) is 11.5. The first-order valence-electron chi connectivity index (χ1n) is 13.3. The Morgan fingerprint density at radius 3 is 2.48 bits per heavy atom. The lowest BCUT2D eigenvalue weighted by Gasteiger charge is -2.33. The number of thioether (sulfide) groups is 1. The van der Waals surface area contributed by atoms with Crippen molar-refractivity contribution in [2.45, 2.75) is 75.1 Å². The Kier molecular flexibility index (Phi) is 8.63. The van der Waals surface area contributed by atoms with Gasteiger partial charge in [0.2, 0.25) is 0 Å². The smallest absolute Gasteiger partial charge is 0.260 e. The Bertz CT molecular complexity index is 1290. The van der Waals surface area contributed by atoms with E-state index in [1.165, 1.54) is 24.0 Å². The van der Waals surface area contributed by atoms with Crippen LogP contribution in [0, 0.1) is 0 Å². The van der Waals surface area contributed by atoms with Crippen molar-refractivity contribution in [1.29, 1.82) is 0 Å². The van der Waals surface area contributed by atoms with Crippen LogP contribution in [-0.4, -0.2) is 82.6 Å². The number of phenolic OH excluding ortho intramolecular Hbond substituents is 3. The number of phenols is 3. The maximum absolute atomic E-state index is 13.5. The fourth-order valence-electron chi connectivity index (χ4n) is 4.86. The van der Waals surface area contributed by atoms with Gasteiger partial charge < -0.3 is 46.0 Å². The molecule has 8 N–H and O–H groups in total. The highest BCUT2D eigenvalue weighted by molar-refractivity contribution is 8.07. The van der Waals surface area contributed by atoms with Gasteiger partial charge in [-0.15, -0.1) is 0 Å². The third-order valence-corrected chi connectivity index (χ3v) is 9.02. The van der Waals surface area contributed by atoms with Crippen LogP contribution in [0.25, 0.3) is 0 Å². The van der Waals surface area contributed by atoms with Gasteiger partial charge in [-0.2, -0.15) is 11.8 Å². The van der Waals surface area contributed by atoms with Crippen molar-refractivity contribution in [3.8, 4) is 17.2 Å². The van der Waals surface area contributed by atoms with Crippen LogP contribution in [0.15, 0.2) is 42.0 Å². The number of allylic oxidation sites excluding steroid dienone is 1. The van der Waals surface area contributed by atoms with Crippen molar-refractivity contribution in [2.75, 3.05) is 22.5 Å². The van der Waals surface area contributed by atoms with E-state index in [-0.39, 0.29) is 70.9 Å². The van der Waals surface area contributed by atoms with Crippen molar-refractivity contribution < 1.29 is 40.5 Å². The third-order valence-electron chi connectivity index (χ3n) is 7.88. The number of nitrogens with one attached hydrogen (secondary N) is 1. The molecule has 2 aliphatic rings. The Hall–Kier alpha value is -2.96. The van der Waals surface area contributed by atoms with E-state index in [1.54, 1.807) is 36.9 Å². The standard InChI is InChI=1S/C29H38N2O8S/c1-16(7-8-22(35)28(2,38)11-9-23(36)29(3,39)24-15-40-24)10-12-31-19-13-17(32)14-21(34)26(19)30-25-18(27(31)37)5-4-6-20(25)33/h4-6,10,13-14,22-24,30,32-36,38-39H,7-9,11-12,15H2,1-3H3/b16-10+. The highest BCUT2D eigenvalue weighted by Gasteiger charge is 2.46. The molecule has 218 valence electrons. The minimum absolute atomic E-state index is 0.0175. The minimum atomic E-state index is -1.47. The van der Waals surface area contributed by atoms with Gasteiger partial charge in [0.1, 0.15) is 28.5 Å². The number of aliphatic hydroxyl groups excluding tert-OH is 2. The third kappa shape index (κ3) is 6.34. The van der Waals surface area contributed by atoms with E-state index in [0.29, 0.717) is 6.42 Å². The molecule has 40 heavy (non-hydrogen) atoms. The Labute approximate surface area is 237 Å². The monoisotopic (exact) mass is 574 g/mol. The van der Waals surface area contributed by atoms with Crippen molar-refractivity contribution >= 4 is 34.7 Å². The SMILES string of the molecule is C/C(=C\CN1C(=O)c2cccc(O)c2Nc2c(O)cc(O)cc21)CCC(O)C(C)(O)CCC(O)C(C)(O)C1CS1. The first-order valence-corrected chi connectivity index (χ1v) is 14.3. The molecule has 0 aromatic heterocycles. The number of benzene rings is 2. The number of hydrogen-bond donors (Lipinski definition) is 8. The zero-order valence-corrected chi connectivity index (χ0v) is 23.6. The molecule has 0 aliphatic carbocycles. The van der Waals surface area contributed by atoms with Gasteiger partial charge in [0.25, 0.3) is 5.91 Å². The predicted molar refractivity (Wildman–Crippen MR) is 155 cm³/mol. The number of amides is 1. The van der Waals surface area contributed by atoms with Crippen LogP contribution >= 0.6 is 11.8 Å². The van der Waals surface area contributed by atoms with E-state index in [1.807, 2.05) is 6.92 Å². The second-order valence-corrected chi connectivity index (χ2v) is 12.4. The molecule has 4 rings (SSSR count). The summed E-state index contributed by atoms with van der Waals surface area (Å²) in [4.78, 5) is 14.9. The normalized spacial score (nSPS) is 21.3. The largest absolute Gasteiger partial charge is 0.508 e. The summed E-state index contributed by atoms with van der Waals surface area (Å²) in [6, 6.07) is 7.00. The highest BCUT2D eigenvalue weighted by Crippen LogP contribution is 2.46. The summed E-state index contributed by atoms with van der Waals surface area (Å²) in [5, 5.41) is 76.3. The zero-order valence-electron chi connectivity index (χ0n) is 22.8. The predicted octanol–water partition coefficient (Wildman–Crippen LogP) is 3.35. The van der Waals surface area contributed by atoms with E-state index in [4.69, 9.17) is 0 Å². The first-order chi connectivity index (χ1) is 18.7. The summed E-state index contributed by atoms with van der Waals surface area (Å²) in [5.74, 6) is -0.358. The number of anilines is 3. The molecular formula is C29H38N2O8S. The Morgan fingerprint density at radius 2 is 1.80 bits per heavy atom. The molecule has 2 aromatic rings. The number of para-hydroxylation sites is 1. The number of aromatic hydroxyl groups is 3. The molecule has 0 saturated carbocycles. The van der Waals surface area contributed by atoms with Crippen molar-refractivity contribution in [2.24, 2.45) is 0 Å². The molecule has 11 heteroatoms. The van der Waals surface area contributed by atoms with Gasteiger partial charge in [-0.25, -0.2) is 0 Å². The molecular weight excluding hydrogens is 536 g/mol. The molecule has 5 atom stereocenters. The van der Waals surface area contributed by atoms with Crippen molar-refractivity contribution in [3.05, 3.63) is 47.5 Å². The Morgan fingerprint density at radius 1 is 1.10 bits per heavy atom. The van der Waals surface area contributed by atoms with Crippen molar-refractivity contribution in [1.82, 2.24) is 0 Å². The summed E-state index contributed by atoms with van der Waals surface area (Å²) in [7, 11) is 0. The molecule has 2 aromatic carbocycles. The van der Waals surface area contributed by atoms with E-state index < -0.39 is 29.3 Å². The van der Waals surface area contributed by atoms with E-state index in [0.717, 1.165) is 17.4 Å². The molecule has 0 radical (unpaired) electrons. The van der Waals surface area contributed by atoms with Gasteiger partial charge in [0.15, 0.2) is 0 Å². The van der Waals surface area contributed by atoms with Gasteiger partial charge in [-0.3, -0.25) is 4.79 Å². The first kappa shape index (κ1) is 30.0. The summed E-state index contributed by atoms with van der Waals surface area (Å²) >= 11 is 1.57. The quantitative estimate of drug-likeness (QED) is 0.0860. The fourth-order valence-corrected chi connectivity index (χ4v) is 5.79. The van der Waals surface area contributed by atoms with Crippen LogP contribution in [0.1, 0.15) is 56.8 Å². The number of hydrogen-bond acceptors (Lipinski definition) is 10.